The molecule has 1 aliphatic rings. The minimum Gasteiger partial charge on any atom is -0.491 e. The summed E-state index contributed by atoms with van der Waals surface area (Å²) in [4.78, 5) is 0. The topological polar surface area (TPSA) is 21.8 Å². The number of hydrogen-bond donors (Lipinski definition) is 0. The third kappa shape index (κ3) is 10.2. The van der Waals surface area contributed by atoms with Gasteiger partial charge in [0.2, 0.25) is 0 Å². The first-order valence-electron chi connectivity index (χ1n) is 11.2. The van der Waals surface area contributed by atoms with E-state index in [0.29, 0.717) is 12.7 Å². The minimum absolute atomic E-state index is 0.333. The lowest BCUT2D eigenvalue weighted by atomic mass is 10.0. The zero-order valence-corrected chi connectivity index (χ0v) is 17.0. The molecule has 0 spiro atoms. The summed E-state index contributed by atoms with van der Waals surface area (Å²) in [6.07, 6.45) is 19.8. The predicted octanol–water partition coefficient (Wildman–Crippen LogP) is 7.10. The summed E-state index contributed by atoms with van der Waals surface area (Å²) in [6, 6.07) is 8.50. The van der Waals surface area contributed by atoms with E-state index in [1.54, 1.807) is 0 Å². The maximum atomic E-state index is 5.90. The molecule has 2 heteroatoms. The molecule has 0 N–H and O–H groups in total. The smallest absolute Gasteiger partial charge is 0.122 e. The highest BCUT2D eigenvalue weighted by Crippen LogP contribution is 2.22. The Balaban J connectivity index is 1.41. The Morgan fingerprint density at radius 2 is 1.35 bits per heavy atom. The number of epoxide rings is 1. The Kier molecular flexibility index (Phi) is 11.5. The Morgan fingerprint density at radius 3 is 1.92 bits per heavy atom. The zero-order valence-electron chi connectivity index (χ0n) is 17.0. The van der Waals surface area contributed by atoms with Crippen molar-refractivity contribution in [1.29, 1.82) is 0 Å². The third-order valence-corrected chi connectivity index (χ3v) is 5.35. The zero-order chi connectivity index (χ0) is 18.3. The summed E-state index contributed by atoms with van der Waals surface area (Å²) >= 11 is 0. The van der Waals surface area contributed by atoms with Crippen molar-refractivity contribution in [3.63, 3.8) is 0 Å². The van der Waals surface area contributed by atoms with Crippen LogP contribution in [0.15, 0.2) is 24.3 Å². The summed E-state index contributed by atoms with van der Waals surface area (Å²) in [7, 11) is 0. The van der Waals surface area contributed by atoms with Crippen molar-refractivity contribution in [3.05, 3.63) is 29.8 Å². The third-order valence-electron chi connectivity index (χ3n) is 5.35. The molecule has 2 nitrogen and oxygen atoms in total. The van der Waals surface area contributed by atoms with Gasteiger partial charge in [0.25, 0.3) is 0 Å². The monoisotopic (exact) mass is 360 g/mol. The van der Waals surface area contributed by atoms with Gasteiger partial charge in [0, 0.05) is 0 Å². The van der Waals surface area contributed by atoms with E-state index < -0.39 is 0 Å². The van der Waals surface area contributed by atoms with Crippen molar-refractivity contribution in [1.82, 2.24) is 0 Å². The van der Waals surface area contributed by atoms with Gasteiger partial charge in [0.05, 0.1) is 6.61 Å². The molecule has 1 unspecified atom stereocenters. The van der Waals surface area contributed by atoms with Crippen molar-refractivity contribution < 1.29 is 9.47 Å². The van der Waals surface area contributed by atoms with Gasteiger partial charge < -0.3 is 9.47 Å². The van der Waals surface area contributed by atoms with Crippen LogP contribution in [0.5, 0.6) is 5.75 Å². The lowest BCUT2D eigenvalue weighted by Gasteiger charge is -2.10. The summed E-state index contributed by atoms with van der Waals surface area (Å²) < 4.78 is 11.1. The van der Waals surface area contributed by atoms with Gasteiger partial charge in [-0.1, -0.05) is 102 Å². The first-order chi connectivity index (χ1) is 12.9. The Labute approximate surface area is 161 Å². The number of rotatable bonds is 17. The van der Waals surface area contributed by atoms with Crippen molar-refractivity contribution in [2.45, 2.75) is 103 Å². The Bertz CT molecular complexity index is 453. The maximum absolute atomic E-state index is 5.90. The average Bonchev–Trinajstić information content (AvgIpc) is 3.49. The first kappa shape index (κ1) is 21.3. The number of ether oxygens (including phenoxy) is 2. The summed E-state index contributed by atoms with van der Waals surface area (Å²) in [5.74, 6) is 1.06. The van der Waals surface area contributed by atoms with Crippen LogP contribution in [-0.2, 0) is 11.2 Å². The first-order valence-corrected chi connectivity index (χ1v) is 11.2. The highest BCUT2D eigenvalue weighted by molar-refractivity contribution is 5.33. The van der Waals surface area contributed by atoms with Crippen LogP contribution in [0.1, 0.15) is 96.0 Å². The molecule has 26 heavy (non-hydrogen) atoms. The highest BCUT2D eigenvalue weighted by atomic mass is 16.6. The standard InChI is InChI=1S/C24H40O2/c1-2-3-4-5-6-7-8-9-10-11-12-13-14-17-22-18-15-16-19-24(22)26-21-23-20-25-23/h15-16,18-19,23H,2-14,17,20-21H2,1H3. The van der Waals surface area contributed by atoms with Crippen molar-refractivity contribution in [2.24, 2.45) is 0 Å². The van der Waals surface area contributed by atoms with E-state index in [-0.39, 0.29) is 0 Å². The average molecular weight is 361 g/mol. The minimum atomic E-state index is 0.333. The largest absolute Gasteiger partial charge is 0.491 e. The van der Waals surface area contributed by atoms with Gasteiger partial charge in [-0.3, -0.25) is 0 Å². The normalized spacial score (nSPS) is 16.0. The Hall–Kier alpha value is -1.02. The van der Waals surface area contributed by atoms with Gasteiger partial charge in [-0.25, -0.2) is 0 Å². The van der Waals surface area contributed by atoms with Gasteiger partial charge in [-0.2, -0.15) is 0 Å². The van der Waals surface area contributed by atoms with E-state index in [1.165, 1.54) is 89.0 Å². The fourth-order valence-corrected chi connectivity index (χ4v) is 3.53. The van der Waals surface area contributed by atoms with Gasteiger partial charge in [-0.05, 0) is 24.5 Å². The van der Waals surface area contributed by atoms with Crippen LogP contribution in [0.3, 0.4) is 0 Å². The summed E-state index contributed by atoms with van der Waals surface area (Å²) in [5.41, 5.74) is 1.36. The molecule has 1 atom stereocenters. The molecule has 148 valence electrons. The number of para-hydroxylation sites is 1. The van der Waals surface area contributed by atoms with E-state index in [0.717, 1.165) is 18.8 Å². The molecule has 1 saturated heterocycles. The molecule has 1 aliphatic heterocycles. The van der Waals surface area contributed by atoms with E-state index in [4.69, 9.17) is 9.47 Å². The molecule has 1 heterocycles. The number of unbranched alkanes of at least 4 members (excludes halogenated alkanes) is 12. The van der Waals surface area contributed by atoms with Gasteiger partial charge >= 0.3 is 0 Å². The van der Waals surface area contributed by atoms with Crippen LogP contribution in [0.2, 0.25) is 0 Å². The van der Waals surface area contributed by atoms with Crippen molar-refractivity contribution in [2.75, 3.05) is 13.2 Å². The number of aryl methyl sites for hydroxylation is 1. The highest BCUT2D eigenvalue weighted by Gasteiger charge is 2.23. The molecule has 0 aromatic heterocycles. The number of benzene rings is 1. The van der Waals surface area contributed by atoms with E-state index in [1.807, 2.05) is 0 Å². The fourth-order valence-electron chi connectivity index (χ4n) is 3.53. The molecule has 0 radical (unpaired) electrons. The SMILES string of the molecule is CCCCCCCCCCCCCCCc1ccccc1OCC1CO1. The lowest BCUT2D eigenvalue weighted by molar-refractivity contribution is 0.261. The van der Waals surface area contributed by atoms with Crippen LogP contribution in [-0.4, -0.2) is 19.3 Å². The second-order valence-electron chi connectivity index (χ2n) is 7.87. The molecule has 0 bridgehead atoms. The van der Waals surface area contributed by atoms with Crippen LogP contribution in [0.4, 0.5) is 0 Å². The molecular weight excluding hydrogens is 320 g/mol. The molecule has 1 aromatic rings. The second-order valence-corrected chi connectivity index (χ2v) is 7.87. The van der Waals surface area contributed by atoms with E-state index in [9.17, 15) is 0 Å². The van der Waals surface area contributed by atoms with Crippen molar-refractivity contribution in [3.8, 4) is 5.75 Å². The second kappa shape index (κ2) is 14.1. The molecule has 0 aliphatic carbocycles. The molecule has 1 aromatic carbocycles. The van der Waals surface area contributed by atoms with Crippen LogP contribution in [0, 0.1) is 0 Å². The summed E-state index contributed by atoms with van der Waals surface area (Å²) in [6.45, 7) is 3.85. The van der Waals surface area contributed by atoms with E-state index >= 15 is 0 Å². The molecule has 0 saturated carbocycles. The van der Waals surface area contributed by atoms with Gasteiger partial charge in [0.1, 0.15) is 18.5 Å². The molecule has 2 rings (SSSR count). The molecular formula is C24H40O2. The predicted molar refractivity (Wildman–Crippen MR) is 111 cm³/mol. The Morgan fingerprint density at radius 1 is 0.808 bits per heavy atom. The molecule has 0 amide bonds. The van der Waals surface area contributed by atoms with Crippen molar-refractivity contribution >= 4 is 0 Å². The molecule has 1 fully saturated rings. The van der Waals surface area contributed by atoms with Crippen LogP contribution in [0.25, 0.3) is 0 Å². The van der Waals surface area contributed by atoms with Crippen LogP contribution < -0.4 is 4.74 Å². The van der Waals surface area contributed by atoms with E-state index in [2.05, 4.69) is 31.2 Å². The maximum Gasteiger partial charge on any atom is 0.122 e. The lowest BCUT2D eigenvalue weighted by Crippen LogP contribution is -2.05. The quantitative estimate of drug-likeness (QED) is 0.218. The summed E-state index contributed by atoms with van der Waals surface area (Å²) in [5, 5.41) is 0. The van der Waals surface area contributed by atoms with Crippen LogP contribution >= 0.6 is 0 Å². The van der Waals surface area contributed by atoms with Gasteiger partial charge in [-0.15, -0.1) is 0 Å². The fraction of sp³-hybridized carbons (Fsp3) is 0.750. The van der Waals surface area contributed by atoms with Gasteiger partial charge in [0.15, 0.2) is 0 Å². The number of hydrogen-bond acceptors (Lipinski definition) is 2.